The number of rotatable bonds is 5. The molecule has 0 unspecified atom stereocenters. The molecule has 0 spiro atoms. The average molecular weight is 396 g/mol. The van der Waals surface area contributed by atoms with Gasteiger partial charge < -0.3 is 9.47 Å². The highest BCUT2D eigenvalue weighted by Gasteiger charge is 2.15. The second-order valence-electron chi connectivity index (χ2n) is 4.74. The van der Waals surface area contributed by atoms with Gasteiger partial charge in [0.15, 0.2) is 5.82 Å². The summed E-state index contributed by atoms with van der Waals surface area (Å²) in [5, 5.41) is 0.777. The van der Waals surface area contributed by atoms with Gasteiger partial charge in [0, 0.05) is 11.6 Å². The lowest BCUT2D eigenvalue weighted by Crippen LogP contribution is -1.99. The molecule has 3 rings (SSSR count). The molecule has 0 bridgehead atoms. The predicted molar refractivity (Wildman–Crippen MR) is 95.7 cm³/mol. The maximum absolute atomic E-state index is 10.7. The van der Waals surface area contributed by atoms with Crippen LogP contribution in [0.15, 0.2) is 48.7 Å². The van der Waals surface area contributed by atoms with Crippen molar-refractivity contribution in [3.05, 3.63) is 63.7 Å². The summed E-state index contributed by atoms with van der Waals surface area (Å²) in [5.41, 5.74) is 0.769. The number of aromatic nitrogens is 2. The minimum absolute atomic E-state index is 0.0150. The van der Waals surface area contributed by atoms with E-state index in [0.29, 0.717) is 5.82 Å². The van der Waals surface area contributed by atoms with Gasteiger partial charge in [0.05, 0.1) is 21.3 Å². The molecule has 0 aliphatic carbocycles. The van der Waals surface area contributed by atoms with Crippen molar-refractivity contribution in [2.75, 3.05) is 0 Å². The maximum Gasteiger partial charge on any atom is 0.298 e. The second kappa shape index (κ2) is 7.70. The zero-order chi connectivity index (χ0) is 17.8. The molecule has 0 saturated carbocycles. The van der Waals surface area contributed by atoms with Gasteiger partial charge in [-0.3, -0.25) is 4.79 Å². The summed E-state index contributed by atoms with van der Waals surface area (Å²) in [6.07, 6.45) is 1.34. The van der Waals surface area contributed by atoms with Crippen molar-refractivity contribution < 1.29 is 14.3 Å². The summed E-state index contributed by atoms with van der Waals surface area (Å²) in [6.45, 7) is 0.254. The van der Waals surface area contributed by atoms with Gasteiger partial charge in [-0.1, -0.05) is 65.1 Å². The Morgan fingerprint density at radius 1 is 0.920 bits per heavy atom. The summed E-state index contributed by atoms with van der Waals surface area (Å²) in [4.78, 5) is 19.2. The number of halogens is 3. The molecule has 0 atom stereocenters. The number of nitrogens with zero attached hydrogens (tertiary/aromatic N) is 2. The standard InChI is InChI=1S/C17H9Cl3N2O3/c18-11-6-13(20)14(7-12(11)19)25-17-15(24-9-23)8-21-16(22-17)10-4-2-1-3-5-10/h1-9H. The number of benzene rings is 2. The molecule has 1 aromatic heterocycles. The molecule has 0 amide bonds. The third kappa shape index (κ3) is 4.02. The van der Waals surface area contributed by atoms with Crippen molar-refractivity contribution in [1.29, 1.82) is 0 Å². The lowest BCUT2D eigenvalue weighted by atomic mass is 10.2. The van der Waals surface area contributed by atoms with Crippen molar-refractivity contribution in [2.24, 2.45) is 0 Å². The first-order valence-corrected chi connectivity index (χ1v) is 8.07. The molecule has 0 aliphatic rings. The molecule has 5 nitrogen and oxygen atoms in total. The first-order chi connectivity index (χ1) is 12.1. The monoisotopic (exact) mass is 394 g/mol. The molecule has 8 heteroatoms. The van der Waals surface area contributed by atoms with E-state index in [-0.39, 0.29) is 38.9 Å². The molecule has 0 N–H and O–H groups in total. The molecule has 0 saturated heterocycles. The lowest BCUT2D eigenvalue weighted by molar-refractivity contribution is -0.120. The van der Waals surface area contributed by atoms with E-state index in [9.17, 15) is 4.79 Å². The Morgan fingerprint density at radius 2 is 1.64 bits per heavy atom. The van der Waals surface area contributed by atoms with Gasteiger partial charge in [0.2, 0.25) is 5.75 Å². The topological polar surface area (TPSA) is 61.3 Å². The summed E-state index contributed by atoms with van der Waals surface area (Å²) in [6, 6.07) is 12.1. The van der Waals surface area contributed by atoms with Crippen LogP contribution in [0.5, 0.6) is 17.4 Å². The van der Waals surface area contributed by atoms with Gasteiger partial charge in [0.25, 0.3) is 12.4 Å². The van der Waals surface area contributed by atoms with Gasteiger partial charge in [-0.05, 0) is 6.07 Å². The Hall–Kier alpha value is -2.34. The normalized spacial score (nSPS) is 10.4. The van der Waals surface area contributed by atoms with E-state index in [1.807, 2.05) is 30.3 Å². The molecular formula is C17H9Cl3N2O3. The van der Waals surface area contributed by atoms with Crippen LogP contribution in [-0.2, 0) is 4.79 Å². The van der Waals surface area contributed by atoms with Crippen LogP contribution in [0, 0.1) is 0 Å². The Morgan fingerprint density at radius 3 is 2.36 bits per heavy atom. The van der Waals surface area contributed by atoms with Crippen molar-refractivity contribution in [2.45, 2.75) is 0 Å². The van der Waals surface area contributed by atoms with Crippen molar-refractivity contribution in [3.8, 4) is 28.8 Å². The van der Waals surface area contributed by atoms with Gasteiger partial charge in [-0.25, -0.2) is 4.98 Å². The van der Waals surface area contributed by atoms with Crippen molar-refractivity contribution in [3.63, 3.8) is 0 Å². The van der Waals surface area contributed by atoms with Crippen LogP contribution in [0.4, 0.5) is 0 Å². The highest BCUT2D eigenvalue weighted by Crippen LogP contribution is 2.38. The van der Waals surface area contributed by atoms with Crippen LogP contribution in [0.3, 0.4) is 0 Å². The van der Waals surface area contributed by atoms with Crippen LogP contribution >= 0.6 is 34.8 Å². The second-order valence-corrected chi connectivity index (χ2v) is 5.96. The largest absolute Gasteiger partial charge is 0.434 e. The zero-order valence-corrected chi connectivity index (χ0v) is 14.7. The maximum atomic E-state index is 10.7. The highest BCUT2D eigenvalue weighted by molar-refractivity contribution is 6.43. The molecule has 1 heterocycles. The van der Waals surface area contributed by atoms with Crippen LogP contribution in [0.1, 0.15) is 0 Å². The van der Waals surface area contributed by atoms with Gasteiger partial charge in [-0.2, -0.15) is 4.98 Å². The number of hydrogen-bond donors (Lipinski definition) is 0. The first kappa shape index (κ1) is 17.5. The predicted octanol–water partition coefficient (Wildman–Crippen LogP) is 5.43. The van der Waals surface area contributed by atoms with Crippen LogP contribution in [-0.4, -0.2) is 16.4 Å². The fourth-order valence-corrected chi connectivity index (χ4v) is 2.55. The number of carbonyl (C=O) groups is 1. The minimum atomic E-state index is 0.0150. The fraction of sp³-hybridized carbons (Fsp3) is 0. The molecule has 126 valence electrons. The van der Waals surface area contributed by atoms with E-state index >= 15 is 0 Å². The van der Waals surface area contributed by atoms with E-state index in [0.717, 1.165) is 5.56 Å². The van der Waals surface area contributed by atoms with Crippen LogP contribution in [0.2, 0.25) is 15.1 Å². The van der Waals surface area contributed by atoms with Crippen molar-refractivity contribution >= 4 is 41.3 Å². The smallest absolute Gasteiger partial charge is 0.298 e. The Kier molecular flexibility index (Phi) is 5.38. The SMILES string of the molecule is O=COc1cnc(-c2ccccc2)nc1Oc1cc(Cl)c(Cl)cc1Cl. The number of hydrogen-bond acceptors (Lipinski definition) is 5. The molecule has 0 fully saturated rings. The zero-order valence-electron chi connectivity index (χ0n) is 12.4. The summed E-state index contributed by atoms with van der Waals surface area (Å²) in [7, 11) is 0. The molecule has 0 radical (unpaired) electrons. The van der Waals surface area contributed by atoms with Gasteiger partial charge in [-0.15, -0.1) is 0 Å². The van der Waals surface area contributed by atoms with E-state index in [1.165, 1.54) is 18.3 Å². The molecule has 25 heavy (non-hydrogen) atoms. The average Bonchev–Trinajstić information content (AvgIpc) is 2.62. The molecule has 3 aromatic rings. The van der Waals surface area contributed by atoms with E-state index in [4.69, 9.17) is 44.3 Å². The van der Waals surface area contributed by atoms with Crippen LogP contribution in [0.25, 0.3) is 11.4 Å². The summed E-state index contributed by atoms with van der Waals surface area (Å²) in [5.74, 6) is 0.660. The van der Waals surface area contributed by atoms with E-state index in [1.54, 1.807) is 0 Å². The quantitative estimate of drug-likeness (QED) is 0.426. The molecule has 0 aliphatic heterocycles. The lowest BCUT2D eigenvalue weighted by Gasteiger charge is -2.11. The number of carbonyl (C=O) groups excluding carboxylic acids is 1. The summed E-state index contributed by atoms with van der Waals surface area (Å²) >= 11 is 18.0. The van der Waals surface area contributed by atoms with E-state index < -0.39 is 0 Å². The highest BCUT2D eigenvalue weighted by atomic mass is 35.5. The Balaban J connectivity index is 2.04. The molecular weight excluding hydrogens is 387 g/mol. The third-order valence-corrected chi connectivity index (χ3v) is 4.13. The molecule has 2 aromatic carbocycles. The van der Waals surface area contributed by atoms with Gasteiger partial charge in [0.1, 0.15) is 5.75 Å². The third-order valence-electron chi connectivity index (χ3n) is 3.11. The van der Waals surface area contributed by atoms with E-state index in [2.05, 4.69) is 9.97 Å². The fourth-order valence-electron chi connectivity index (χ4n) is 1.97. The van der Waals surface area contributed by atoms with Crippen molar-refractivity contribution in [1.82, 2.24) is 9.97 Å². The van der Waals surface area contributed by atoms with Gasteiger partial charge >= 0.3 is 0 Å². The first-order valence-electron chi connectivity index (χ1n) is 6.93. The number of ether oxygens (including phenoxy) is 2. The Bertz CT molecular complexity index is 921. The Labute approximate surface area is 158 Å². The minimum Gasteiger partial charge on any atom is -0.434 e. The van der Waals surface area contributed by atoms with Crippen LogP contribution < -0.4 is 9.47 Å². The summed E-state index contributed by atoms with van der Waals surface area (Å²) < 4.78 is 10.5.